The van der Waals surface area contributed by atoms with Crippen LogP contribution in [0.1, 0.15) is 23.0 Å². The Morgan fingerprint density at radius 2 is 1.96 bits per heavy atom. The van der Waals surface area contributed by atoms with Gasteiger partial charge in [-0.2, -0.15) is 5.10 Å². The van der Waals surface area contributed by atoms with Crippen LogP contribution in [0.15, 0.2) is 53.0 Å². The van der Waals surface area contributed by atoms with Gasteiger partial charge in [0.15, 0.2) is 0 Å². The molecule has 5 nitrogen and oxygen atoms in total. The highest BCUT2D eigenvalue weighted by Gasteiger charge is 2.18. The predicted octanol–water partition coefficient (Wildman–Crippen LogP) is 4.81. The number of hydrogen-bond acceptors (Lipinski definition) is 3. The molecule has 6 heteroatoms. The van der Waals surface area contributed by atoms with Gasteiger partial charge in [0.05, 0.1) is 12.3 Å². The molecule has 1 aromatic heterocycles. The van der Waals surface area contributed by atoms with Gasteiger partial charge in [0, 0.05) is 22.6 Å². The first-order valence-electron chi connectivity index (χ1n) is 8.33. The number of aryl methyl sites for hydroxylation is 2. The fourth-order valence-electron chi connectivity index (χ4n) is 2.84. The number of carbonyl (C=O) groups excluding carboxylic acids is 1. The second-order valence-corrected chi connectivity index (χ2v) is 6.77. The zero-order chi connectivity index (χ0) is 18.7. The summed E-state index contributed by atoms with van der Waals surface area (Å²) in [6.07, 6.45) is 0. The number of amides is 1. The Kier molecular flexibility index (Phi) is 5.42. The SMILES string of the molecule is CCOc1cccc(C(=O)Nc2c(-c3ccc(Br)cc3)c(C)nn2C)c1. The normalized spacial score (nSPS) is 10.6. The van der Waals surface area contributed by atoms with Crippen molar-refractivity contribution < 1.29 is 9.53 Å². The molecule has 0 aliphatic carbocycles. The minimum absolute atomic E-state index is 0.201. The highest BCUT2D eigenvalue weighted by molar-refractivity contribution is 9.10. The van der Waals surface area contributed by atoms with Crippen LogP contribution in [-0.4, -0.2) is 22.3 Å². The van der Waals surface area contributed by atoms with E-state index in [0.29, 0.717) is 23.7 Å². The van der Waals surface area contributed by atoms with Gasteiger partial charge in [-0.25, -0.2) is 0 Å². The molecule has 1 amide bonds. The van der Waals surface area contributed by atoms with Crippen molar-refractivity contribution in [2.24, 2.45) is 7.05 Å². The van der Waals surface area contributed by atoms with Gasteiger partial charge < -0.3 is 10.1 Å². The van der Waals surface area contributed by atoms with E-state index >= 15 is 0 Å². The molecule has 1 heterocycles. The van der Waals surface area contributed by atoms with Crippen molar-refractivity contribution in [3.63, 3.8) is 0 Å². The van der Waals surface area contributed by atoms with Gasteiger partial charge in [-0.3, -0.25) is 9.48 Å². The second kappa shape index (κ2) is 7.74. The number of nitrogens with one attached hydrogen (secondary N) is 1. The van der Waals surface area contributed by atoms with Crippen LogP contribution in [-0.2, 0) is 7.05 Å². The number of aromatic nitrogens is 2. The monoisotopic (exact) mass is 413 g/mol. The lowest BCUT2D eigenvalue weighted by atomic mass is 10.1. The van der Waals surface area contributed by atoms with E-state index < -0.39 is 0 Å². The van der Waals surface area contributed by atoms with E-state index in [9.17, 15) is 4.79 Å². The molecule has 2 aromatic carbocycles. The standard InChI is InChI=1S/C20H20BrN3O2/c1-4-26-17-7-5-6-15(12-17)20(25)22-19-18(13(2)23-24(19)3)14-8-10-16(21)11-9-14/h5-12H,4H2,1-3H3,(H,22,25). The van der Waals surface area contributed by atoms with Crippen LogP contribution in [0.25, 0.3) is 11.1 Å². The number of halogens is 1. The van der Waals surface area contributed by atoms with Crippen molar-refractivity contribution in [2.45, 2.75) is 13.8 Å². The number of anilines is 1. The highest BCUT2D eigenvalue weighted by Crippen LogP contribution is 2.32. The van der Waals surface area contributed by atoms with Crippen LogP contribution in [0.3, 0.4) is 0 Å². The lowest BCUT2D eigenvalue weighted by Crippen LogP contribution is -2.15. The minimum atomic E-state index is -0.201. The molecule has 0 fully saturated rings. The summed E-state index contributed by atoms with van der Waals surface area (Å²) in [6.45, 7) is 4.40. The average molecular weight is 414 g/mol. The first kappa shape index (κ1) is 18.2. The van der Waals surface area contributed by atoms with Crippen LogP contribution in [0.5, 0.6) is 5.75 Å². The molecule has 26 heavy (non-hydrogen) atoms. The second-order valence-electron chi connectivity index (χ2n) is 5.85. The summed E-state index contributed by atoms with van der Waals surface area (Å²) in [7, 11) is 1.82. The van der Waals surface area contributed by atoms with E-state index in [1.807, 2.05) is 57.3 Å². The Balaban J connectivity index is 1.94. The van der Waals surface area contributed by atoms with Crippen molar-refractivity contribution in [3.8, 4) is 16.9 Å². The van der Waals surface area contributed by atoms with Crippen molar-refractivity contribution in [3.05, 3.63) is 64.3 Å². The third kappa shape index (κ3) is 3.80. The average Bonchev–Trinajstić information content (AvgIpc) is 2.90. The molecule has 3 aromatic rings. The van der Waals surface area contributed by atoms with E-state index in [2.05, 4.69) is 26.3 Å². The lowest BCUT2D eigenvalue weighted by molar-refractivity contribution is 0.102. The van der Waals surface area contributed by atoms with Gasteiger partial charge in [0.25, 0.3) is 5.91 Å². The largest absolute Gasteiger partial charge is 0.494 e. The minimum Gasteiger partial charge on any atom is -0.494 e. The number of rotatable bonds is 5. The number of benzene rings is 2. The van der Waals surface area contributed by atoms with Crippen LogP contribution < -0.4 is 10.1 Å². The Morgan fingerprint density at radius 3 is 2.65 bits per heavy atom. The molecule has 3 rings (SSSR count). The summed E-state index contributed by atoms with van der Waals surface area (Å²) < 4.78 is 8.17. The number of carbonyl (C=O) groups is 1. The maximum absolute atomic E-state index is 12.8. The van der Waals surface area contributed by atoms with Crippen LogP contribution >= 0.6 is 15.9 Å². The van der Waals surface area contributed by atoms with E-state index in [-0.39, 0.29) is 5.91 Å². The summed E-state index contributed by atoms with van der Waals surface area (Å²) in [6, 6.07) is 15.1. The van der Waals surface area contributed by atoms with Gasteiger partial charge in [-0.1, -0.05) is 34.1 Å². The first-order valence-corrected chi connectivity index (χ1v) is 9.12. The van der Waals surface area contributed by atoms with E-state index in [0.717, 1.165) is 21.3 Å². The van der Waals surface area contributed by atoms with Gasteiger partial charge in [0.1, 0.15) is 11.6 Å². The Labute approximate surface area is 161 Å². The molecule has 0 aliphatic rings. The zero-order valence-corrected chi connectivity index (χ0v) is 16.5. The summed E-state index contributed by atoms with van der Waals surface area (Å²) in [4.78, 5) is 12.8. The quantitative estimate of drug-likeness (QED) is 0.652. The van der Waals surface area contributed by atoms with E-state index in [1.165, 1.54) is 0 Å². The molecule has 0 spiro atoms. The third-order valence-electron chi connectivity index (χ3n) is 3.99. The first-order chi connectivity index (χ1) is 12.5. The predicted molar refractivity (Wildman–Crippen MR) is 107 cm³/mol. The number of ether oxygens (including phenoxy) is 1. The molecular formula is C20H20BrN3O2. The molecule has 0 atom stereocenters. The molecule has 1 N–H and O–H groups in total. The van der Waals surface area contributed by atoms with E-state index in [1.54, 1.807) is 16.8 Å². The van der Waals surface area contributed by atoms with Crippen molar-refractivity contribution in [1.82, 2.24) is 9.78 Å². The van der Waals surface area contributed by atoms with Gasteiger partial charge in [0.2, 0.25) is 0 Å². The maximum atomic E-state index is 12.8. The highest BCUT2D eigenvalue weighted by atomic mass is 79.9. The molecule has 0 saturated heterocycles. The van der Waals surface area contributed by atoms with Crippen molar-refractivity contribution in [1.29, 1.82) is 0 Å². The van der Waals surface area contributed by atoms with Crippen LogP contribution in [0.2, 0.25) is 0 Å². The molecule has 0 bridgehead atoms. The zero-order valence-electron chi connectivity index (χ0n) is 14.9. The molecule has 0 saturated carbocycles. The summed E-state index contributed by atoms with van der Waals surface area (Å²) in [5.74, 6) is 1.14. The number of nitrogens with zero attached hydrogens (tertiary/aromatic N) is 2. The molecule has 0 radical (unpaired) electrons. The van der Waals surface area contributed by atoms with E-state index in [4.69, 9.17) is 4.74 Å². The smallest absolute Gasteiger partial charge is 0.256 e. The Hall–Kier alpha value is -2.60. The molecule has 134 valence electrons. The van der Waals surface area contributed by atoms with Gasteiger partial charge in [-0.15, -0.1) is 0 Å². The summed E-state index contributed by atoms with van der Waals surface area (Å²) in [5, 5.41) is 7.46. The van der Waals surface area contributed by atoms with Crippen LogP contribution in [0.4, 0.5) is 5.82 Å². The topological polar surface area (TPSA) is 56.1 Å². The summed E-state index contributed by atoms with van der Waals surface area (Å²) >= 11 is 3.45. The number of hydrogen-bond donors (Lipinski definition) is 1. The molecule has 0 aliphatic heterocycles. The van der Waals surface area contributed by atoms with Crippen LogP contribution in [0, 0.1) is 6.92 Å². The van der Waals surface area contributed by atoms with Crippen molar-refractivity contribution in [2.75, 3.05) is 11.9 Å². The van der Waals surface area contributed by atoms with Gasteiger partial charge >= 0.3 is 0 Å². The summed E-state index contributed by atoms with van der Waals surface area (Å²) in [5.41, 5.74) is 3.30. The lowest BCUT2D eigenvalue weighted by Gasteiger charge is -2.10. The molecule has 0 unspecified atom stereocenters. The maximum Gasteiger partial charge on any atom is 0.256 e. The fourth-order valence-corrected chi connectivity index (χ4v) is 3.10. The molecular weight excluding hydrogens is 394 g/mol. The van der Waals surface area contributed by atoms with Crippen molar-refractivity contribution >= 4 is 27.7 Å². The fraction of sp³-hybridized carbons (Fsp3) is 0.200. The third-order valence-corrected chi connectivity index (χ3v) is 4.52. The Morgan fingerprint density at radius 1 is 1.23 bits per heavy atom. The Bertz CT molecular complexity index is 933. The van der Waals surface area contributed by atoms with Gasteiger partial charge in [-0.05, 0) is 49.7 Å².